The second kappa shape index (κ2) is 64.5. The summed E-state index contributed by atoms with van der Waals surface area (Å²) in [5.74, 6) is 6.14. The van der Waals surface area contributed by atoms with Gasteiger partial charge in [-0.25, -0.2) is 28.4 Å². The molecule has 0 spiro atoms. The molecule has 0 atom stereocenters. The second-order valence-corrected chi connectivity index (χ2v) is 17.0. The number of hydrogen-bond acceptors (Lipinski definition) is 17. The third kappa shape index (κ3) is 47.3. The molecule has 3 aromatic heterocycles. The summed E-state index contributed by atoms with van der Waals surface area (Å²) in [6, 6.07) is 49.5. The van der Waals surface area contributed by atoms with Crippen LogP contribution in [-0.2, 0) is 55.5 Å². The van der Waals surface area contributed by atoms with Crippen LogP contribution in [0.5, 0.6) is 0 Å². The normalized spacial score (nSPS) is 8.28. The first-order valence-electron chi connectivity index (χ1n) is 25.5. The number of carbonyl (C=O) groups is 6. The molecule has 0 aliphatic heterocycles. The molecule has 0 unspecified atom stereocenters. The Morgan fingerprint density at radius 3 is 1.25 bits per heavy atom. The van der Waals surface area contributed by atoms with Crippen molar-refractivity contribution in [2.45, 2.75) is 94.3 Å². The van der Waals surface area contributed by atoms with Crippen molar-refractivity contribution < 1.29 is 212 Å². The van der Waals surface area contributed by atoms with Crippen molar-refractivity contribution in [2.75, 3.05) is 6.61 Å². The van der Waals surface area contributed by atoms with Crippen LogP contribution >= 0.6 is 15.9 Å². The summed E-state index contributed by atoms with van der Waals surface area (Å²) >= 11 is 3.36. The fourth-order valence-corrected chi connectivity index (χ4v) is 6.77. The number of aryl methyl sites for hydroxylation is 1. The fraction of sp³-hybridized carbons (Fsp3) is 0.246. The monoisotopic (exact) mass is 1390 g/mol. The number of carboxylic acid groups (broad SMARTS) is 2. The average Bonchev–Trinajstić information content (AvgIpc) is 1.73. The van der Waals surface area contributed by atoms with Gasteiger partial charge in [0.15, 0.2) is 23.0 Å². The summed E-state index contributed by atoms with van der Waals surface area (Å²) in [6.07, 6.45) is 0. The number of hydrogen-bond donors (Lipinski definition) is 2. The number of Topliss-reactive ketones (excluding diaryl/α,β-unsaturated/α-hetero) is 2. The SMILES string of the molecule is BrCc1ccccc1.C.CC#CC(=O)O.CC#CC(=O)OCC.CC(=O)c1c(C)nnn1Cc1ccccc1.CC(=O)c1nnn(Cc2ccccc2)c1C.Cc1c(C(=O)O)nnn1Cc1ccccc1.O=CO[O-].[H-].[K+].[K+].[Li+].[N-]=[N+]=NCc1ccccc1.[N-]=[N+]=[N-].[Na+].[OH-]. The second-order valence-electron chi connectivity index (χ2n) is 16.5. The number of carbonyl (C=O) groups excluding carboxylic acids is 4. The van der Waals surface area contributed by atoms with E-state index in [4.69, 9.17) is 36.9 Å². The van der Waals surface area contributed by atoms with E-state index in [0.29, 0.717) is 55.6 Å². The molecule has 0 fully saturated rings. The van der Waals surface area contributed by atoms with Gasteiger partial charge in [0, 0.05) is 35.9 Å². The number of ketones is 2. The van der Waals surface area contributed by atoms with Gasteiger partial charge in [-0.15, -0.1) is 15.3 Å². The molecule has 3 N–H and O–H groups in total. The van der Waals surface area contributed by atoms with E-state index in [1.807, 2.05) is 152 Å². The van der Waals surface area contributed by atoms with Crippen molar-refractivity contribution in [3.8, 4) is 23.7 Å². The summed E-state index contributed by atoms with van der Waals surface area (Å²) in [6.45, 7) is 15.6. The van der Waals surface area contributed by atoms with Crippen LogP contribution in [0.2, 0.25) is 0 Å². The molecular weight excluding hydrogens is 1320 g/mol. The first-order chi connectivity index (χ1) is 41.8. The molecule has 0 aliphatic rings. The largest absolute Gasteiger partial charge is 1.00 e. The van der Waals surface area contributed by atoms with E-state index in [0.717, 1.165) is 33.3 Å². The first kappa shape index (κ1) is 100. The van der Waals surface area contributed by atoms with Gasteiger partial charge >= 0.3 is 169 Å². The van der Waals surface area contributed by atoms with E-state index in [9.17, 15) is 24.0 Å². The van der Waals surface area contributed by atoms with Gasteiger partial charge in [-0.1, -0.05) is 208 Å². The van der Waals surface area contributed by atoms with Crippen molar-refractivity contribution in [1.82, 2.24) is 45.0 Å². The Labute approximate surface area is 669 Å². The van der Waals surface area contributed by atoms with Crippen LogP contribution in [-0.4, -0.2) is 103 Å². The molecule has 93 heavy (non-hydrogen) atoms. The minimum atomic E-state index is -1.07. The molecule has 472 valence electrons. The number of aromatic carboxylic acids is 1. The maximum Gasteiger partial charge on any atom is 1.00 e. The van der Waals surface area contributed by atoms with Gasteiger partial charge in [-0.2, -0.15) is 0 Å². The van der Waals surface area contributed by atoms with Crippen LogP contribution in [0, 0.1) is 44.5 Å². The number of aromatic nitrogens is 9. The molecule has 27 nitrogen and oxygen atoms in total. The minimum absolute atomic E-state index is 0. The third-order valence-corrected chi connectivity index (χ3v) is 10.8. The fourth-order valence-electron chi connectivity index (χ4n) is 6.40. The van der Waals surface area contributed by atoms with Crippen LogP contribution < -0.4 is 156 Å². The number of halogens is 1. The number of benzene rings is 5. The zero-order chi connectivity index (χ0) is 65.2. The van der Waals surface area contributed by atoms with Gasteiger partial charge < -0.3 is 43.1 Å². The van der Waals surface area contributed by atoms with Crippen molar-refractivity contribution in [2.24, 2.45) is 5.11 Å². The van der Waals surface area contributed by atoms with Gasteiger partial charge in [0.25, 0.3) is 6.47 Å². The topological polar surface area (TPSA) is 414 Å². The number of nitrogens with zero attached hydrogens (tertiary/aromatic N) is 15. The number of esters is 1. The van der Waals surface area contributed by atoms with Gasteiger partial charge in [0.1, 0.15) is 5.69 Å². The van der Waals surface area contributed by atoms with Gasteiger partial charge in [0.2, 0.25) is 0 Å². The van der Waals surface area contributed by atoms with E-state index >= 15 is 0 Å². The van der Waals surface area contributed by atoms with Gasteiger partial charge in [0.05, 0.1) is 49.9 Å². The standard InChI is InChI=1S/2C12H13N3O.C11H11N3O2.C7H7Br.C7H7N3.C6H8O2.C4H4O2.CH2O3.CH4.2K.Li.N3.Na.H2O.H/c1-9-12(10(2)16)13-14-15(9)8-11-6-4-3-5-7-11;1-9-12(10(2)16)15(14-13-9)8-11-6-4-3-5-7-11;1-8-10(11(15)16)12-13-14(8)7-9-5-3-2-4-6-9;8-6-7-4-2-1-3-5-7;8-10-9-6-7-4-2-1-3-5-7;1-3-5-6(7)8-4-2;1-2-3-4(5)6;2-1-4-3;;;;;1-3-2;;;/h2*3-7H,8H2,1-2H3;2-6H,7H2,1H3,(H,15,16);1-5H,6H2;1-5H,6H2;4H2,1-2H3;1H3,(H,5,6);1,3H;1H4;;;;;;1H2;/q;;;;;;;;;3*+1;-1;+1;;-1/p-2. The molecule has 32 heteroatoms. The molecule has 0 saturated heterocycles. The van der Waals surface area contributed by atoms with Gasteiger partial charge in [-0.3, -0.25) is 19.3 Å². The summed E-state index contributed by atoms with van der Waals surface area (Å²) in [7, 11) is 0. The predicted molar refractivity (Wildman–Crippen MR) is 334 cm³/mol. The zero-order valence-electron chi connectivity index (χ0n) is 54.4. The molecule has 8 aromatic rings. The summed E-state index contributed by atoms with van der Waals surface area (Å²) < 4.78 is 9.44. The predicted octanol–water partition coefficient (Wildman–Crippen LogP) is -1.36. The van der Waals surface area contributed by atoms with Crippen molar-refractivity contribution in [1.29, 1.82) is 0 Å². The van der Waals surface area contributed by atoms with E-state index in [2.05, 4.69) is 96.4 Å². The van der Waals surface area contributed by atoms with Crippen LogP contribution in [0.4, 0.5) is 0 Å². The van der Waals surface area contributed by atoms with Crippen molar-refractivity contribution >= 4 is 51.9 Å². The Morgan fingerprint density at radius 1 is 0.634 bits per heavy atom. The molecule has 0 aliphatic carbocycles. The van der Waals surface area contributed by atoms with Crippen molar-refractivity contribution in [3.05, 3.63) is 240 Å². The Morgan fingerprint density at radius 2 is 0.978 bits per heavy atom. The summed E-state index contributed by atoms with van der Waals surface area (Å²) in [4.78, 5) is 68.5. The molecule has 0 amide bonds. The molecule has 0 radical (unpaired) electrons. The average molecular weight is 1390 g/mol. The number of carboxylic acids is 2. The van der Waals surface area contributed by atoms with Crippen LogP contribution in [0.1, 0.15) is 120 Å². The molecule has 8 rings (SSSR count). The molecule has 3 heterocycles. The maximum atomic E-state index is 11.4. The number of alkyl halides is 1. The Bertz CT molecular complexity index is 3460. The van der Waals surface area contributed by atoms with E-state index in [-0.39, 0.29) is 189 Å². The van der Waals surface area contributed by atoms with E-state index in [1.54, 1.807) is 41.7 Å². The minimum Gasteiger partial charge on any atom is -1.00 e. The quantitative estimate of drug-likeness (QED) is 0.0103. The van der Waals surface area contributed by atoms with Crippen LogP contribution in [0.15, 0.2) is 157 Å². The first-order valence-corrected chi connectivity index (χ1v) is 26.6. The number of ether oxygens (including phenoxy) is 1. The summed E-state index contributed by atoms with van der Waals surface area (Å²) in [5, 5.41) is 52.6. The number of azide groups is 1. The van der Waals surface area contributed by atoms with Crippen LogP contribution in [0.25, 0.3) is 26.4 Å². The maximum absolute atomic E-state index is 11.4. The molecule has 5 aromatic carbocycles. The summed E-state index contributed by atoms with van der Waals surface area (Å²) in [5.41, 5.74) is 30.3. The molecule has 0 bridgehead atoms. The Hall–Kier alpha value is -6.25. The van der Waals surface area contributed by atoms with Crippen LogP contribution in [0.3, 0.4) is 0 Å². The number of aliphatic carboxylic acids is 1. The molecule has 0 saturated carbocycles. The van der Waals surface area contributed by atoms with Crippen molar-refractivity contribution in [3.63, 3.8) is 0 Å². The Balaban J connectivity index is -0.000000152. The van der Waals surface area contributed by atoms with E-state index in [1.165, 1.54) is 31.2 Å². The third-order valence-electron chi connectivity index (χ3n) is 10.2. The van der Waals surface area contributed by atoms with E-state index < -0.39 is 17.9 Å². The molecular formula is C61H70BrK2LiN15NaO12. The smallest absolute Gasteiger partial charge is 1.00 e. The van der Waals surface area contributed by atoms with Gasteiger partial charge in [-0.05, 0) is 74.9 Å². The Kier molecular flexibility index (Phi) is 69.5. The number of rotatable bonds is 14. The zero-order valence-corrected chi connectivity index (χ0v) is 63.2.